The fourth-order valence-electron chi connectivity index (χ4n) is 2.23. The molecule has 0 spiro atoms. The van der Waals surface area contributed by atoms with Crippen molar-refractivity contribution in [1.29, 1.82) is 0 Å². The SMILES string of the molecule is CC(=O)CN1CCN(S(=O)(=O)c2ccc(Cl)c(Cl)c2)CC1. The van der Waals surface area contributed by atoms with Crippen LogP contribution in [-0.4, -0.2) is 56.1 Å². The zero-order chi connectivity index (χ0) is 15.6. The molecule has 1 aromatic rings. The van der Waals surface area contributed by atoms with E-state index in [9.17, 15) is 13.2 Å². The zero-order valence-corrected chi connectivity index (χ0v) is 13.9. The van der Waals surface area contributed by atoms with E-state index in [1.54, 1.807) is 0 Å². The Morgan fingerprint density at radius 1 is 1.14 bits per heavy atom. The van der Waals surface area contributed by atoms with E-state index in [1.807, 2.05) is 4.90 Å². The third kappa shape index (κ3) is 3.96. The second kappa shape index (κ2) is 6.62. The van der Waals surface area contributed by atoms with Crippen LogP contribution in [-0.2, 0) is 14.8 Å². The predicted octanol–water partition coefficient (Wildman–Crippen LogP) is 1.89. The van der Waals surface area contributed by atoms with Crippen molar-refractivity contribution in [2.24, 2.45) is 0 Å². The van der Waals surface area contributed by atoms with Crippen molar-refractivity contribution in [2.75, 3.05) is 32.7 Å². The van der Waals surface area contributed by atoms with Crippen LogP contribution in [0.25, 0.3) is 0 Å². The molecule has 0 bridgehead atoms. The van der Waals surface area contributed by atoms with Gasteiger partial charge in [-0.3, -0.25) is 9.69 Å². The average Bonchev–Trinajstić information content (AvgIpc) is 2.41. The minimum Gasteiger partial charge on any atom is -0.299 e. The molecule has 0 N–H and O–H groups in total. The number of carbonyl (C=O) groups excluding carboxylic acids is 1. The summed E-state index contributed by atoms with van der Waals surface area (Å²) in [6, 6.07) is 4.29. The lowest BCUT2D eigenvalue weighted by atomic mass is 10.3. The fourth-order valence-corrected chi connectivity index (χ4v) is 4.04. The van der Waals surface area contributed by atoms with Crippen LogP contribution < -0.4 is 0 Å². The molecule has 8 heteroatoms. The Morgan fingerprint density at radius 2 is 1.76 bits per heavy atom. The van der Waals surface area contributed by atoms with Crippen LogP contribution in [0.15, 0.2) is 23.1 Å². The smallest absolute Gasteiger partial charge is 0.243 e. The summed E-state index contributed by atoms with van der Waals surface area (Å²) >= 11 is 11.7. The number of Topliss-reactive ketones (excluding diaryl/α,β-unsaturated/α-hetero) is 1. The number of hydrogen-bond acceptors (Lipinski definition) is 4. The monoisotopic (exact) mass is 350 g/mol. The molecule has 116 valence electrons. The molecule has 1 aromatic carbocycles. The number of rotatable bonds is 4. The molecule has 1 saturated heterocycles. The Bertz CT molecular complexity index is 641. The van der Waals surface area contributed by atoms with Gasteiger partial charge in [0.15, 0.2) is 0 Å². The van der Waals surface area contributed by atoms with E-state index in [1.165, 1.54) is 29.4 Å². The van der Waals surface area contributed by atoms with E-state index >= 15 is 0 Å². The average molecular weight is 351 g/mol. The molecule has 1 aliphatic heterocycles. The number of halogens is 2. The Balaban J connectivity index is 2.11. The Morgan fingerprint density at radius 3 is 2.29 bits per heavy atom. The van der Waals surface area contributed by atoms with Crippen LogP contribution in [0.1, 0.15) is 6.92 Å². The first kappa shape index (κ1) is 16.7. The fraction of sp³-hybridized carbons (Fsp3) is 0.462. The first-order valence-corrected chi connectivity index (χ1v) is 8.67. The number of carbonyl (C=O) groups is 1. The van der Waals surface area contributed by atoms with Crippen LogP contribution in [0.3, 0.4) is 0 Å². The van der Waals surface area contributed by atoms with E-state index in [2.05, 4.69) is 0 Å². The number of ketones is 1. The van der Waals surface area contributed by atoms with E-state index < -0.39 is 10.0 Å². The Kier molecular flexibility index (Phi) is 5.27. The van der Waals surface area contributed by atoms with Gasteiger partial charge in [0.2, 0.25) is 10.0 Å². The molecule has 0 aliphatic carbocycles. The molecule has 5 nitrogen and oxygen atoms in total. The molecule has 2 rings (SSSR count). The van der Waals surface area contributed by atoms with Crippen LogP contribution in [0.5, 0.6) is 0 Å². The van der Waals surface area contributed by atoms with Crippen molar-refractivity contribution in [3.63, 3.8) is 0 Å². The lowest BCUT2D eigenvalue weighted by Crippen LogP contribution is -2.49. The highest BCUT2D eigenvalue weighted by molar-refractivity contribution is 7.89. The van der Waals surface area contributed by atoms with Gasteiger partial charge in [-0.2, -0.15) is 4.31 Å². The van der Waals surface area contributed by atoms with Gasteiger partial charge in [0.25, 0.3) is 0 Å². The van der Waals surface area contributed by atoms with Crippen molar-refractivity contribution >= 4 is 39.0 Å². The van der Waals surface area contributed by atoms with E-state index in [-0.39, 0.29) is 15.7 Å². The van der Waals surface area contributed by atoms with Crippen molar-refractivity contribution in [2.45, 2.75) is 11.8 Å². The molecular formula is C13H16Cl2N2O3S. The topological polar surface area (TPSA) is 57.7 Å². The maximum Gasteiger partial charge on any atom is 0.243 e. The second-order valence-corrected chi connectivity index (χ2v) is 7.71. The number of sulfonamides is 1. The maximum atomic E-state index is 12.5. The number of benzene rings is 1. The van der Waals surface area contributed by atoms with Gasteiger partial charge >= 0.3 is 0 Å². The van der Waals surface area contributed by atoms with Crippen molar-refractivity contribution < 1.29 is 13.2 Å². The highest BCUT2D eigenvalue weighted by Gasteiger charge is 2.29. The number of nitrogens with zero attached hydrogens (tertiary/aromatic N) is 2. The molecular weight excluding hydrogens is 335 g/mol. The van der Waals surface area contributed by atoms with Gasteiger partial charge in [0, 0.05) is 26.2 Å². The molecule has 1 fully saturated rings. The van der Waals surface area contributed by atoms with Crippen LogP contribution >= 0.6 is 23.2 Å². The minimum atomic E-state index is -3.57. The summed E-state index contributed by atoms with van der Waals surface area (Å²) in [5.41, 5.74) is 0. The predicted molar refractivity (Wildman–Crippen MR) is 82.3 cm³/mol. The molecule has 21 heavy (non-hydrogen) atoms. The van der Waals surface area contributed by atoms with E-state index in [0.29, 0.717) is 37.7 Å². The Hall–Kier alpha value is -0.660. The zero-order valence-electron chi connectivity index (χ0n) is 11.6. The maximum absolute atomic E-state index is 12.5. The van der Waals surface area contributed by atoms with Gasteiger partial charge in [0.05, 0.1) is 21.5 Å². The third-order valence-corrected chi connectivity index (χ3v) is 5.94. The molecule has 0 radical (unpaired) electrons. The summed E-state index contributed by atoms with van der Waals surface area (Å²) in [5.74, 6) is 0.0794. The quantitative estimate of drug-likeness (QED) is 0.831. The highest BCUT2D eigenvalue weighted by Crippen LogP contribution is 2.26. The third-order valence-electron chi connectivity index (χ3n) is 3.31. The van der Waals surface area contributed by atoms with Gasteiger partial charge < -0.3 is 0 Å². The van der Waals surface area contributed by atoms with Gasteiger partial charge in [-0.25, -0.2) is 8.42 Å². The summed E-state index contributed by atoms with van der Waals surface area (Å²) in [6.45, 7) is 3.69. The normalized spacial score (nSPS) is 17.9. The molecule has 1 heterocycles. The van der Waals surface area contributed by atoms with E-state index in [4.69, 9.17) is 23.2 Å². The van der Waals surface area contributed by atoms with Crippen LogP contribution in [0.2, 0.25) is 10.0 Å². The van der Waals surface area contributed by atoms with Gasteiger partial charge in [-0.15, -0.1) is 0 Å². The minimum absolute atomic E-state index is 0.0794. The molecule has 0 amide bonds. The number of hydrogen-bond donors (Lipinski definition) is 0. The molecule has 0 saturated carbocycles. The highest BCUT2D eigenvalue weighted by atomic mass is 35.5. The second-order valence-electron chi connectivity index (χ2n) is 4.96. The summed E-state index contributed by atoms with van der Waals surface area (Å²) < 4.78 is 26.4. The largest absolute Gasteiger partial charge is 0.299 e. The van der Waals surface area contributed by atoms with Crippen LogP contribution in [0, 0.1) is 0 Å². The van der Waals surface area contributed by atoms with Crippen molar-refractivity contribution in [1.82, 2.24) is 9.21 Å². The van der Waals surface area contributed by atoms with Gasteiger partial charge in [-0.1, -0.05) is 23.2 Å². The molecule has 0 atom stereocenters. The summed E-state index contributed by atoms with van der Waals surface area (Å²) in [5, 5.41) is 0.537. The summed E-state index contributed by atoms with van der Waals surface area (Å²) in [7, 11) is -3.57. The standard InChI is InChI=1S/C13H16Cl2N2O3S/c1-10(18)9-16-4-6-17(7-5-16)21(19,20)11-2-3-12(14)13(15)8-11/h2-3,8H,4-7,9H2,1H3. The molecule has 0 unspecified atom stereocenters. The van der Waals surface area contributed by atoms with Crippen molar-refractivity contribution in [3.05, 3.63) is 28.2 Å². The number of piperazine rings is 1. The lowest BCUT2D eigenvalue weighted by molar-refractivity contribution is -0.118. The first-order chi connectivity index (χ1) is 9.80. The van der Waals surface area contributed by atoms with Gasteiger partial charge in [0.1, 0.15) is 5.78 Å². The van der Waals surface area contributed by atoms with E-state index in [0.717, 1.165) is 0 Å². The summed E-state index contributed by atoms with van der Waals surface area (Å²) in [6.07, 6.45) is 0. The first-order valence-electron chi connectivity index (χ1n) is 6.47. The summed E-state index contributed by atoms with van der Waals surface area (Å²) in [4.78, 5) is 13.2. The lowest BCUT2D eigenvalue weighted by Gasteiger charge is -2.33. The van der Waals surface area contributed by atoms with Crippen LogP contribution in [0.4, 0.5) is 0 Å². The molecule has 1 aliphatic rings. The molecule has 0 aromatic heterocycles. The Labute approximate surface area is 134 Å². The van der Waals surface area contributed by atoms with Crippen molar-refractivity contribution in [3.8, 4) is 0 Å². The van der Waals surface area contributed by atoms with Gasteiger partial charge in [-0.05, 0) is 25.1 Å².